The molecule has 2 rings (SSSR count). The lowest BCUT2D eigenvalue weighted by molar-refractivity contribution is 0.0947. The Kier molecular flexibility index (Phi) is 4.70. The zero-order valence-corrected chi connectivity index (χ0v) is 10.6. The SMILES string of the molecule is O=C(NCC1CCCC1)c1ccnc(CCO)c1. The number of aromatic nitrogens is 1. The topological polar surface area (TPSA) is 62.2 Å². The molecule has 0 radical (unpaired) electrons. The van der Waals surface area contributed by atoms with E-state index in [1.54, 1.807) is 18.3 Å². The first-order valence-corrected chi connectivity index (χ1v) is 6.63. The molecule has 0 aromatic carbocycles. The maximum absolute atomic E-state index is 12.0. The molecule has 1 amide bonds. The lowest BCUT2D eigenvalue weighted by Gasteiger charge is -2.10. The highest BCUT2D eigenvalue weighted by Crippen LogP contribution is 2.23. The van der Waals surface area contributed by atoms with Gasteiger partial charge in [0.2, 0.25) is 0 Å². The Morgan fingerprint density at radius 3 is 2.94 bits per heavy atom. The molecule has 0 bridgehead atoms. The lowest BCUT2D eigenvalue weighted by Crippen LogP contribution is -2.28. The van der Waals surface area contributed by atoms with Gasteiger partial charge >= 0.3 is 0 Å². The molecule has 0 saturated heterocycles. The Hall–Kier alpha value is -1.42. The zero-order valence-electron chi connectivity index (χ0n) is 10.6. The predicted octanol–water partition coefficient (Wildman–Crippen LogP) is 1.54. The van der Waals surface area contributed by atoms with Crippen LogP contribution < -0.4 is 5.32 Å². The second-order valence-corrected chi connectivity index (χ2v) is 4.87. The summed E-state index contributed by atoms with van der Waals surface area (Å²) in [5, 5.41) is 11.8. The van der Waals surface area contributed by atoms with Crippen LogP contribution in [0.1, 0.15) is 41.7 Å². The fourth-order valence-electron chi connectivity index (χ4n) is 2.42. The highest BCUT2D eigenvalue weighted by Gasteiger charge is 2.16. The summed E-state index contributed by atoms with van der Waals surface area (Å²) in [6.45, 7) is 0.830. The number of hydrogen-bond acceptors (Lipinski definition) is 3. The summed E-state index contributed by atoms with van der Waals surface area (Å²) < 4.78 is 0. The second kappa shape index (κ2) is 6.50. The van der Waals surface area contributed by atoms with Crippen molar-refractivity contribution in [2.75, 3.05) is 13.2 Å². The van der Waals surface area contributed by atoms with E-state index in [2.05, 4.69) is 10.3 Å². The van der Waals surface area contributed by atoms with Gasteiger partial charge in [0, 0.05) is 37.0 Å². The maximum atomic E-state index is 12.0. The summed E-state index contributed by atoms with van der Waals surface area (Å²) in [5.41, 5.74) is 1.39. The molecule has 0 spiro atoms. The smallest absolute Gasteiger partial charge is 0.251 e. The number of nitrogens with zero attached hydrogens (tertiary/aromatic N) is 1. The van der Waals surface area contributed by atoms with Crippen molar-refractivity contribution in [3.63, 3.8) is 0 Å². The van der Waals surface area contributed by atoms with Gasteiger partial charge in [-0.25, -0.2) is 0 Å². The number of rotatable bonds is 5. The lowest BCUT2D eigenvalue weighted by atomic mass is 10.1. The maximum Gasteiger partial charge on any atom is 0.251 e. The van der Waals surface area contributed by atoms with Crippen molar-refractivity contribution in [2.24, 2.45) is 5.92 Å². The van der Waals surface area contributed by atoms with E-state index in [-0.39, 0.29) is 12.5 Å². The fraction of sp³-hybridized carbons (Fsp3) is 0.571. The number of carbonyl (C=O) groups is 1. The monoisotopic (exact) mass is 248 g/mol. The van der Waals surface area contributed by atoms with E-state index in [0.29, 0.717) is 17.9 Å². The number of carbonyl (C=O) groups excluding carboxylic acids is 1. The average Bonchev–Trinajstić information content (AvgIpc) is 2.90. The Bertz CT molecular complexity index is 401. The minimum absolute atomic E-state index is 0.0384. The van der Waals surface area contributed by atoms with E-state index in [1.807, 2.05) is 0 Å². The van der Waals surface area contributed by atoms with E-state index in [4.69, 9.17) is 5.11 Å². The third kappa shape index (κ3) is 3.53. The molecule has 1 fully saturated rings. The van der Waals surface area contributed by atoms with Gasteiger partial charge in [-0.05, 0) is 30.9 Å². The number of aliphatic hydroxyl groups excluding tert-OH is 1. The van der Waals surface area contributed by atoms with Crippen LogP contribution in [-0.2, 0) is 6.42 Å². The summed E-state index contributed by atoms with van der Waals surface area (Å²) in [7, 11) is 0. The molecule has 2 N–H and O–H groups in total. The van der Waals surface area contributed by atoms with Gasteiger partial charge in [0.1, 0.15) is 0 Å². The van der Waals surface area contributed by atoms with Gasteiger partial charge in [0.15, 0.2) is 0 Å². The van der Waals surface area contributed by atoms with Gasteiger partial charge in [0.05, 0.1) is 0 Å². The number of hydrogen-bond donors (Lipinski definition) is 2. The van der Waals surface area contributed by atoms with Crippen molar-refractivity contribution in [2.45, 2.75) is 32.1 Å². The number of nitrogens with one attached hydrogen (secondary N) is 1. The van der Waals surface area contributed by atoms with Crippen molar-refractivity contribution < 1.29 is 9.90 Å². The van der Waals surface area contributed by atoms with E-state index in [9.17, 15) is 4.79 Å². The molecule has 18 heavy (non-hydrogen) atoms. The van der Waals surface area contributed by atoms with Gasteiger partial charge in [-0.1, -0.05) is 12.8 Å². The summed E-state index contributed by atoms with van der Waals surface area (Å²) in [6, 6.07) is 3.46. The number of amides is 1. The summed E-state index contributed by atoms with van der Waals surface area (Å²) >= 11 is 0. The quantitative estimate of drug-likeness (QED) is 0.830. The van der Waals surface area contributed by atoms with Crippen LogP contribution in [-0.4, -0.2) is 29.1 Å². The molecule has 0 unspecified atom stereocenters. The molecule has 4 heteroatoms. The summed E-state index contributed by atoms with van der Waals surface area (Å²) in [4.78, 5) is 16.1. The minimum atomic E-state index is -0.0384. The first-order valence-electron chi connectivity index (χ1n) is 6.63. The van der Waals surface area contributed by atoms with Gasteiger partial charge in [-0.2, -0.15) is 0 Å². The summed E-state index contributed by atoms with van der Waals surface area (Å²) in [6.07, 6.45) is 7.14. The highest BCUT2D eigenvalue weighted by atomic mass is 16.3. The van der Waals surface area contributed by atoms with Crippen LogP contribution in [0.4, 0.5) is 0 Å². The summed E-state index contributed by atoms with van der Waals surface area (Å²) in [5.74, 6) is 0.608. The molecule has 4 nitrogen and oxygen atoms in total. The predicted molar refractivity (Wildman–Crippen MR) is 69.3 cm³/mol. The van der Waals surface area contributed by atoms with Crippen molar-refractivity contribution in [1.29, 1.82) is 0 Å². The van der Waals surface area contributed by atoms with Crippen molar-refractivity contribution in [3.8, 4) is 0 Å². The fourth-order valence-corrected chi connectivity index (χ4v) is 2.42. The first kappa shape index (κ1) is 13.0. The minimum Gasteiger partial charge on any atom is -0.396 e. The van der Waals surface area contributed by atoms with Crippen LogP contribution >= 0.6 is 0 Å². The van der Waals surface area contributed by atoms with Crippen molar-refractivity contribution in [3.05, 3.63) is 29.6 Å². The van der Waals surface area contributed by atoms with E-state index in [1.165, 1.54) is 25.7 Å². The molecule has 98 valence electrons. The van der Waals surface area contributed by atoms with Crippen molar-refractivity contribution in [1.82, 2.24) is 10.3 Å². The first-order chi connectivity index (χ1) is 8.79. The van der Waals surface area contributed by atoms with E-state index in [0.717, 1.165) is 12.2 Å². The van der Waals surface area contributed by atoms with E-state index >= 15 is 0 Å². The van der Waals surface area contributed by atoms with Crippen LogP contribution in [0.3, 0.4) is 0 Å². The van der Waals surface area contributed by atoms with Gasteiger partial charge in [-0.15, -0.1) is 0 Å². The van der Waals surface area contributed by atoms with Crippen LogP contribution in [0.25, 0.3) is 0 Å². The second-order valence-electron chi connectivity index (χ2n) is 4.87. The van der Waals surface area contributed by atoms with Gasteiger partial charge in [0.25, 0.3) is 5.91 Å². The third-order valence-corrected chi connectivity index (χ3v) is 3.47. The number of aliphatic hydroxyl groups is 1. The Labute approximate surface area is 107 Å². The van der Waals surface area contributed by atoms with Crippen LogP contribution in [0.15, 0.2) is 18.3 Å². The molecule has 1 aromatic heterocycles. The molecular weight excluding hydrogens is 228 g/mol. The Morgan fingerprint density at radius 1 is 1.44 bits per heavy atom. The molecule has 1 aliphatic carbocycles. The van der Waals surface area contributed by atoms with Gasteiger partial charge in [-0.3, -0.25) is 9.78 Å². The average molecular weight is 248 g/mol. The van der Waals surface area contributed by atoms with Crippen LogP contribution in [0, 0.1) is 5.92 Å². The van der Waals surface area contributed by atoms with Crippen LogP contribution in [0.2, 0.25) is 0 Å². The molecule has 1 saturated carbocycles. The molecule has 1 heterocycles. The molecule has 1 aromatic rings. The Morgan fingerprint density at radius 2 is 2.22 bits per heavy atom. The Balaban J connectivity index is 1.89. The molecule has 0 atom stereocenters. The largest absolute Gasteiger partial charge is 0.396 e. The number of pyridine rings is 1. The van der Waals surface area contributed by atoms with Crippen LogP contribution in [0.5, 0.6) is 0 Å². The zero-order chi connectivity index (χ0) is 12.8. The molecular formula is C14H20N2O2. The highest BCUT2D eigenvalue weighted by molar-refractivity contribution is 5.94. The standard InChI is InChI=1S/C14H20N2O2/c17-8-6-13-9-12(5-7-15-13)14(18)16-10-11-3-1-2-4-11/h5,7,9,11,17H,1-4,6,8,10H2,(H,16,18). The van der Waals surface area contributed by atoms with Gasteiger partial charge < -0.3 is 10.4 Å². The normalized spacial score (nSPS) is 15.8. The molecule has 0 aliphatic heterocycles. The molecule has 1 aliphatic rings. The van der Waals surface area contributed by atoms with E-state index < -0.39 is 0 Å². The van der Waals surface area contributed by atoms with Crippen molar-refractivity contribution >= 4 is 5.91 Å². The third-order valence-electron chi connectivity index (χ3n) is 3.47.